The van der Waals surface area contributed by atoms with E-state index in [1.165, 1.54) is 18.2 Å². The number of nitrogens with zero attached hydrogens (tertiary/aromatic N) is 3. The number of fused-ring (bicyclic) bond motifs is 3. The number of carbonyl (C=O) groups excluding carboxylic acids is 2. The highest BCUT2D eigenvalue weighted by atomic mass is 16.7. The SMILES string of the molecule is N=C1N=C([O-])C2=NC[NH+](c3ccccc3[C@H](CCCO)c3cc4c(c(OCCO)c3O[C@@H]3O[C@@H](CO)[C@H](O)[C@@H](O)[C@@H]3O)C(=O)c3ccccc3C4=O)C2=N1. The van der Waals surface area contributed by atoms with Gasteiger partial charge in [0.25, 0.3) is 5.84 Å². The highest BCUT2D eigenvalue weighted by Gasteiger charge is 2.47. The van der Waals surface area contributed by atoms with Crippen molar-refractivity contribution in [1.29, 1.82) is 5.41 Å². The van der Waals surface area contributed by atoms with Crippen molar-refractivity contribution >= 4 is 40.7 Å². The maximum atomic E-state index is 14.2. The fourth-order valence-corrected chi connectivity index (χ4v) is 7.25. The normalized spacial score (nSPS) is 25.2. The van der Waals surface area contributed by atoms with E-state index in [1.54, 1.807) is 36.4 Å². The second-order valence-corrected chi connectivity index (χ2v) is 13.0. The summed E-state index contributed by atoms with van der Waals surface area (Å²) in [4.78, 5) is 41.1. The highest BCUT2D eigenvalue weighted by Crippen LogP contribution is 2.49. The summed E-state index contributed by atoms with van der Waals surface area (Å²) in [6.07, 6.45) is -8.16. The minimum atomic E-state index is -1.88. The number of hydrogen-bond donors (Lipinski definition) is 8. The van der Waals surface area contributed by atoms with E-state index in [-0.39, 0.29) is 83.6 Å². The molecule has 7 rings (SSSR count). The zero-order chi connectivity index (χ0) is 38.3. The molecule has 282 valence electrons. The van der Waals surface area contributed by atoms with Gasteiger partial charge in [-0.05, 0) is 25.0 Å². The largest absolute Gasteiger partial charge is 0.857 e. The van der Waals surface area contributed by atoms with E-state index >= 15 is 0 Å². The molecule has 8 N–H and O–H groups in total. The van der Waals surface area contributed by atoms with Crippen molar-refractivity contribution in [3.8, 4) is 11.5 Å². The van der Waals surface area contributed by atoms with E-state index in [0.717, 1.165) is 0 Å². The minimum absolute atomic E-state index is 0.00518. The molecule has 3 aromatic carbocycles. The number of aliphatic hydroxyl groups excluding tert-OH is 6. The van der Waals surface area contributed by atoms with Gasteiger partial charge in [-0.2, -0.15) is 4.99 Å². The number of hydrogen-bond acceptors (Lipinski definition) is 14. The smallest absolute Gasteiger partial charge is 0.262 e. The predicted octanol–water partition coefficient (Wildman–Crippen LogP) is -2.05. The van der Waals surface area contributed by atoms with Crippen LogP contribution in [-0.4, -0.2) is 129 Å². The average Bonchev–Trinajstić information content (AvgIpc) is 3.61. The molecule has 0 radical (unpaired) electrons. The molecule has 3 aliphatic heterocycles. The molecule has 0 amide bonds. The molecule has 1 aliphatic carbocycles. The monoisotopic (exact) mass is 743 g/mol. The van der Waals surface area contributed by atoms with Crippen molar-refractivity contribution in [2.24, 2.45) is 15.0 Å². The third kappa shape index (κ3) is 6.39. The lowest BCUT2D eigenvalue weighted by Crippen LogP contribution is -3.09. The molecule has 54 heavy (non-hydrogen) atoms. The number of para-hydroxylation sites is 1. The Hall–Kier alpha value is -5.24. The van der Waals surface area contributed by atoms with Crippen LogP contribution in [0.1, 0.15) is 61.7 Å². The molecule has 0 aromatic heterocycles. The number of guanidine groups is 1. The fourth-order valence-electron chi connectivity index (χ4n) is 7.25. The molecular weight excluding hydrogens is 706 g/mol. The molecule has 1 saturated heterocycles. The van der Waals surface area contributed by atoms with E-state index in [0.29, 0.717) is 16.2 Å². The predicted molar refractivity (Wildman–Crippen MR) is 187 cm³/mol. The first-order valence-electron chi connectivity index (χ1n) is 17.2. The molecule has 0 bridgehead atoms. The summed E-state index contributed by atoms with van der Waals surface area (Å²) in [6, 6.07) is 14.7. The highest BCUT2D eigenvalue weighted by molar-refractivity contribution is 6.66. The Morgan fingerprint density at radius 2 is 1.61 bits per heavy atom. The number of amidine groups is 1. The van der Waals surface area contributed by atoms with Gasteiger partial charge in [0.15, 0.2) is 35.4 Å². The molecule has 17 heteroatoms. The van der Waals surface area contributed by atoms with Gasteiger partial charge in [0.2, 0.25) is 12.2 Å². The number of benzene rings is 3. The fraction of sp³-hybridized carbons (Fsp3) is 0.351. The van der Waals surface area contributed by atoms with Gasteiger partial charge in [0.05, 0.1) is 18.8 Å². The van der Waals surface area contributed by atoms with Crippen LogP contribution in [0.25, 0.3) is 0 Å². The van der Waals surface area contributed by atoms with E-state index in [9.17, 15) is 45.3 Å². The lowest BCUT2D eigenvalue weighted by molar-refractivity contribution is -0.723. The van der Waals surface area contributed by atoms with Crippen LogP contribution in [0, 0.1) is 5.41 Å². The molecule has 1 fully saturated rings. The number of aliphatic imine (C=N–C) groups is 3. The number of quaternary nitrogens is 1. The first kappa shape index (κ1) is 37.1. The topological polar surface area (TPSA) is 272 Å². The molecular formula is C37H37N5O12. The van der Waals surface area contributed by atoms with Gasteiger partial charge >= 0.3 is 0 Å². The molecule has 4 aliphatic rings. The van der Waals surface area contributed by atoms with Crippen molar-refractivity contribution in [3.05, 3.63) is 88.0 Å². The van der Waals surface area contributed by atoms with E-state index in [2.05, 4.69) is 15.0 Å². The first-order chi connectivity index (χ1) is 26.1. The van der Waals surface area contributed by atoms with Gasteiger partial charge in [-0.3, -0.25) is 15.0 Å². The second kappa shape index (κ2) is 15.2. The van der Waals surface area contributed by atoms with Crippen LogP contribution in [0.2, 0.25) is 0 Å². The number of nitrogens with one attached hydrogen (secondary N) is 2. The number of carbonyl (C=O) groups is 2. The third-order valence-corrected chi connectivity index (χ3v) is 9.79. The summed E-state index contributed by atoms with van der Waals surface area (Å²) in [6.45, 7) is -1.87. The first-order valence-corrected chi connectivity index (χ1v) is 17.2. The van der Waals surface area contributed by atoms with Crippen LogP contribution in [0.4, 0.5) is 5.69 Å². The van der Waals surface area contributed by atoms with Gasteiger partial charge < -0.3 is 50.0 Å². The van der Waals surface area contributed by atoms with Gasteiger partial charge in [0, 0.05) is 46.2 Å². The number of rotatable bonds is 12. The Morgan fingerprint density at radius 1 is 0.889 bits per heavy atom. The summed E-state index contributed by atoms with van der Waals surface area (Å²) in [5, 5.41) is 82.8. The van der Waals surface area contributed by atoms with Crippen LogP contribution in [0.3, 0.4) is 0 Å². The van der Waals surface area contributed by atoms with E-state index in [1.807, 2.05) is 0 Å². The van der Waals surface area contributed by atoms with Crippen molar-refractivity contribution in [2.45, 2.75) is 49.5 Å². The second-order valence-electron chi connectivity index (χ2n) is 13.0. The quantitative estimate of drug-likeness (QED) is 0.0779. The Morgan fingerprint density at radius 3 is 2.33 bits per heavy atom. The molecule has 0 saturated carbocycles. The van der Waals surface area contributed by atoms with Crippen LogP contribution < -0.4 is 19.5 Å². The minimum Gasteiger partial charge on any atom is -0.857 e. The molecule has 1 unspecified atom stereocenters. The Labute approximate surface area is 307 Å². The number of ketones is 2. The van der Waals surface area contributed by atoms with Gasteiger partial charge in [-0.15, -0.1) is 0 Å². The lowest BCUT2D eigenvalue weighted by Gasteiger charge is -2.40. The van der Waals surface area contributed by atoms with Crippen LogP contribution >= 0.6 is 0 Å². The van der Waals surface area contributed by atoms with Gasteiger partial charge in [0.1, 0.15) is 36.7 Å². The average molecular weight is 744 g/mol. The summed E-state index contributed by atoms with van der Waals surface area (Å²) in [7, 11) is 0. The maximum absolute atomic E-state index is 14.2. The molecule has 3 aromatic rings. The van der Waals surface area contributed by atoms with Gasteiger partial charge in [-0.25, -0.2) is 14.9 Å². The molecule has 17 nitrogen and oxygen atoms in total. The van der Waals surface area contributed by atoms with E-state index < -0.39 is 73.3 Å². The number of ether oxygens (including phenoxy) is 3. The van der Waals surface area contributed by atoms with Crippen LogP contribution in [0.15, 0.2) is 69.6 Å². The van der Waals surface area contributed by atoms with Crippen LogP contribution in [0.5, 0.6) is 11.5 Å². The zero-order valence-corrected chi connectivity index (χ0v) is 28.6. The summed E-state index contributed by atoms with van der Waals surface area (Å²) in [5.41, 5.74) is 1.34. The van der Waals surface area contributed by atoms with Gasteiger partial charge in [-0.1, -0.05) is 42.5 Å². The zero-order valence-electron chi connectivity index (χ0n) is 28.6. The number of aliphatic hydroxyl groups is 6. The lowest BCUT2D eigenvalue weighted by atomic mass is 9.78. The molecule has 3 heterocycles. The van der Waals surface area contributed by atoms with Crippen molar-refractivity contribution < 1.29 is 64.4 Å². The summed E-state index contributed by atoms with van der Waals surface area (Å²) < 4.78 is 18.1. The Bertz CT molecular complexity index is 2100. The van der Waals surface area contributed by atoms with Crippen molar-refractivity contribution in [3.63, 3.8) is 0 Å². The van der Waals surface area contributed by atoms with E-state index in [4.69, 9.17) is 19.6 Å². The molecule has 7 atom stereocenters. The molecule has 0 spiro atoms. The Kier molecular flexibility index (Phi) is 10.5. The maximum Gasteiger partial charge on any atom is 0.262 e. The summed E-state index contributed by atoms with van der Waals surface area (Å²) in [5.74, 6) is -3.41. The summed E-state index contributed by atoms with van der Waals surface area (Å²) >= 11 is 0. The third-order valence-electron chi connectivity index (χ3n) is 9.79. The standard InChI is InChI=1S/C37H37N5O12/c38-37-40-34-26(35(51)41-37)39-16-42(34)23-10-4-3-6-18(23)17(9-5-11-43)21-14-22-25(28(47)20-8-2-1-7-19(20)27(22)46)33(52-13-12-44)32(21)54-36-31(50)30(49)29(48)24(15-45)53-36/h1-4,6-8,10,14,17,24,29-31,36,43-45,48-50H,5,9,11-13,15-16H2,(H2,38,41,51)/t17-,24-,29-,30+,31-,36-/m0/s1. The van der Waals surface area contributed by atoms with Crippen LogP contribution in [-0.2, 0) is 4.74 Å². The Balaban J connectivity index is 1.46. The van der Waals surface area contributed by atoms with Crippen molar-refractivity contribution in [2.75, 3.05) is 33.1 Å². The van der Waals surface area contributed by atoms with Crippen molar-refractivity contribution in [1.82, 2.24) is 0 Å².